The topological polar surface area (TPSA) is 76.0 Å². The summed E-state index contributed by atoms with van der Waals surface area (Å²) < 4.78 is 1.68. The Morgan fingerprint density at radius 1 is 0.938 bits per heavy atom. The Balaban J connectivity index is 1.69. The fraction of sp³-hybridized carbons (Fsp3) is 0.0800. The number of benzene rings is 3. The number of amides is 2. The van der Waals surface area contributed by atoms with Gasteiger partial charge in [0.1, 0.15) is 5.69 Å². The second-order valence-corrected chi connectivity index (χ2v) is 7.78. The minimum Gasteiger partial charge on any atom is -0.326 e. The number of halogens is 1. The van der Waals surface area contributed by atoms with Gasteiger partial charge in [0, 0.05) is 35.1 Å². The van der Waals surface area contributed by atoms with E-state index in [4.69, 9.17) is 11.6 Å². The van der Waals surface area contributed by atoms with Crippen LogP contribution in [0, 0.1) is 6.92 Å². The van der Waals surface area contributed by atoms with Crippen molar-refractivity contribution < 1.29 is 9.59 Å². The smallest absolute Gasteiger partial charge is 0.259 e. The van der Waals surface area contributed by atoms with Gasteiger partial charge in [-0.15, -0.1) is 0 Å². The van der Waals surface area contributed by atoms with E-state index in [0.717, 1.165) is 16.8 Å². The van der Waals surface area contributed by atoms with Crippen LogP contribution in [0.25, 0.3) is 16.9 Å². The first kappa shape index (κ1) is 21.3. The number of nitrogens with one attached hydrogen (secondary N) is 2. The van der Waals surface area contributed by atoms with Crippen molar-refractivity contribution in [2.75, 3.05) is 10.6 Å². The number of aromatic nitrogens is 2. The first-order chi connectivity index (χ1) is 15.4. The van der Waals surface area contributed by atoms with Gasteiger partial charge >= 0.3 is 0 Å². The Morgan fingerprint density at radius 2 is 1.66 bits per heavy atom. The summed E-state index contributed by atoms with van der Waals surface area (Å²) in [4.78, 5) is 24.6. The quantitative estimate of drug-likeness (QED) is 0.413. The summed E-state index contributed by atoms with van der Waals surface area (Å²) in [5.74, 6) is -0.436. The molecule has 1 heterocycles. The Kier molecular flexibility index (Phi) is 6.05. The molecule has 7 heteroatoms. The van der Waals surface area contributed by atoms with Crippen LogP contribution in [0.3, 0.4) is 0 Å². The number of para-hydroxylation sites is 1. The third-order valence-corrected chi connectivity index (χ3v) is 5.14. The molecule has 2 N–H and O–H groups in total. The average Bonchev–Trinajstić information content (AvgIpc) is 3.22. The number of hydrogen-bond donors (Lipinski definition) is 2. The van der Waals surface area contributed by atoms with Crippen molar-refractivity contribution >= 4 is 34.8 Å². The van der Waals surface area contributed by atoms with Crippen LogP contribution in [-0.4, -0.2) is 21.6 Å². The molecule has 0 saturated carbocycles. The fourth-order valence-corrected chi connectivity index (χ4v) is 3.47. The van der Waals surface area contributed by atoms with Crippen molar-refractivity contribution in [2.24, 2.45) is 0 Å². The Labute approximate surface area is 190 Å². The lowest BCUT2D eigenvalue weighted by atomic mass is 10.1. The van der Waals surface area contributed by atoms with Gasteiger partial charge in [0.25, 0.3) is 5.91 Å². The van der Waals surface area contributed by atoms with E-state index in [0.29, 0.717) is 27.7 Å². The average molecular weight is 445 g/mol. The van der Waals surface area contributed by atoms with Crippen LogP contribution >= 0.6 is 11.6 Å². The third-order valence-electron chi connectivity index (χ3n) is 4.89. The molecule has 6 nitrogen and oxygen atoms in total. The van der Waals surface area contributed by atoms with Gasteiger partial charge < -0.3 is 10.6 Å². The van der Waals surface area contributed by atoms with Crippen LogP contribution < -0.4 is 10.6 Å². The van der Waals surface area contributed by atoms with Crippen molar-refractivity contribution in [3.8, 4) is 16.9 Å². The molecule has 0 bridgehead atoms. The number of nitrogens with zero attached hydrogens (tertiary/aromatic N) is 2. The van der Waals surface area contributed by atoms with Gasteiger partial charge in [-0.25, -0.2) is 4.68 Å². The fourth-order valence-electron chi connectivity index (χ4n) is 3.34. The summed E-state index contributed by atoms with van der Waals surface area (Å²) in [6, 6.07) is 22.1. The number of carbonyl (C=O) groups is 2. The summed E-state index contributed by atoms with van der Waals surface area (Å²) in [6.07, 6.45) is 1.72. The van der Waals surface area contributed by atoms with Crippen LogP contribution in [0.5, 0.6) is 0 Å². The lowest BCUT2D eigenvalue weighted by Crippen LogP contribution is -2.13. The SMILES string of the molecule is CC(=O)Nc1ccc(NC(=O)c2cn(-c3ccccc3)nc2-c2ccc(Cl)cc2)cc1C. The van der Waals surface area contributed by atoms with E-state index in [-0.39, 0.29) is 11.8 Å². The zero-order chi connectivity index (χ0) is 22.7. The van der Waals surface area contributed by atoms with E-state index in [1.807, 2.05) is 55.5 Å². The van der Waals surface area contributed by atoms with Crippen LogP contribution in [0.1, 0.15) is 22.8 Å². The molecular weight excluding hydrogens is 424 g/mol. The largest absolute Gasteiger partial charge is 0.326 e. The van der Waals surface area contributed by atoms with Crippen molar-refractivity contribution in [1.29, 1.82) is 0 Å². The molecule has 160 valence electrons. The Morgan fingerprint density at radius 3 is 2.31 bits per heavy atom. The molecule has 0 saturated heterocycles. The van der Waals surface area contributed by atoms with Crippen LogP contribution in [0.4, 0.5) is 11.4 Å². The molecule has 1 aromatic heterocycles. The van der Waals surface area contributed by atoms with Crippen LogP contribution in [-0.2, 0) is 4.79 Å². The molecular formula is C25H21ClN4O2. The van der Waals surface area contributed by atoms with Gasteiger partial charge in [-0.3, -0.25) is 9.59 Å². The number of hydrogen-bond acceptors (Lipinski definition) is 3. The molecule has 0 unspecified atom stereocenters. The Bertz CT molecular complexity index is 1280. The van der Waals surface area contributed by atoms with Crippen molar-refractivity contribution in [3.63, 3.8) is 0 Å². The monoisotopic (exact) mass is 444 g/mol. The summed E-state index contributed by atoms with van der Waals surface area (Å²) in [7, 11) is 0. The minimum atomic E-state index is -0.288. The van der Waals surface area contributed by atoms with Gasteiger partial charge in [0.15, 0.2) is 0 Å². The molecule has 0 aliphatic carbocycles. The maximum Gasteiger partial charge on any atom is 0.259 e. The lowest BCUT2D eigenvalue weighted by Gasteiger charge is -2.10. The van der Waals surface area contributed by atoms with Crippen molar-refractivity contribution in [3.05, 3.63) is 95.1 Å². The predicted molar refractivity (Wildman–Crippen MR) is 127 cm³/mol. The molecule has 32 heavy (non-hydrogen) atoms. The van der Waals surface area contributed by atoms with E-state index < -0.39 is 0 Å². The second kappa shape index (κ2) is 9.08. The number of carbonyl (C=O) groups excluding carboxylic acids is 2. The van der Waals surface area contributed by atoms with Crippen LogP contribution in [0.2, 0.25) is 5.02 Å². The third kappa shape index (κ3) is 4.71. The van der Waals surface area contributed by atoms with E-state index in [9.17, 15) is 9.59 Å². The van der Waals surface area contributed by atoms with E-state index >= 15 is 0 Å². The molecule has 4 rings (SSSR count). The molecule has 2 amide bonds. The maximum atomic E-state index is 13.2. The molecule has 0 atom stereocenters. The summed E-state index contributed by atoms with van der Waals surface area (Å²) in [6.45, 7) is 3.32. The molecule has 0 aliphatic heterocycles. The van der Waals surface area contributed by atoms with Crippen molar-refractivity contribution in [1.82, 2.24) is 9.78 Å². The van der Waals surface area contributed by atoms with Crippen molar-refractivity contribution in [2.45, 2.75) is 13.8 Å². The molecule has 0 fully saturated rings. The lowest BCUT2D eigenvalue weighted by molar-refractivity contribution is -0.114. The van der Waals surface area contributed by atoms with E-state index in [1.165, 1.54) is 6.92 Å². The zero-order valence-electron chi connectivity index (χ0n) is 17.6. The van der Waals surface area contributed by atoms with Gasteiger partial charge in [-0.05, 0) is 55.0 Å². The summed E-state index contributed by atoms with van der Waals surface area (Å²) in [5, 5.41) is 11.0. The van der Waals surface area contributed by atoms with Gasteiger partial charge in [0.05, 0.1) is 11.3 Å². The summed E-state index contributed by atoms with van der Waals surface area (Å²) in [5.41, 5.74) is 4.78. The number of rotatable bonds is 5. The van der Waals surface area contributed by atoms with E-state index in [2.05, 4.69) is 15.7 Å². The standard InChI is InChI=1S/C25H21ClN4O2/c1-16-14-20(12-13-23(16)27-17(2)31)28-25(32)22-15-30(21-6-4-3-5-7-21)29-24(22)18-8-10-19(26)11-9-18/h3-15H,1-2H3,(H,27,31)(H,28,32). The number of anilines is 2. The summed E-state index contributed by atoms with van der Waals surface area (Å²) >= 11 is 6.04. The highest BCUT2D eigenvalue weighted by Crippen LogP contribution is 2.27. The molecule has 4 aromatic rings. The number of aryl methyl sites for hydroxylation is 1. The van der Waals surface area contributed by atoms with Gasteiger partial charge in [0.2, 0.25) is 5.91 Å². The minimum absolute atomic E-state index is 0.147. The molecule has 0 spiro atoms. The molecule has 0 radical (unpaired) electrons. The maximum absolute atomic E-state index is 13.2. The highest BCUT2D eigenvalue weighted by Gasteiger charge is 2.19. The first-order valence-corrected chi connectivity index (χ1v) is 10.4. The Hall–Kier alpha value is -3.90. The van der Waals surface area contributed by atoms with E-state index in [1.54, 1.807) is 35.1 Å². The molecule has 3 aromatic carbocycles. The highest BCUT2D eigenvalue weighted by molar-refractivity contribution is 6.30. The second-order valence-electron chi connectivity index (χ2n) is 7.34. The van der Waals surface area contributed by atoms with Gasteiger partial charge in [-0.2, -0.15) is 5.10 Å². The van der Waals surface area contributed by atoms with Crippen LogP contribution in [0.15, 0.2) is 79.0 Å². The normalized spacial score (nSPS) is 10.6. The first-order valence-electron chi connectivity index (χ1n) is 10.0. The zero-order valence-corrected chi connectivity index (χ0v) is 18.4. The van der Waals surface area contributed by atoms with Gasteiger partial charge in [-0.1, -0.05) is 41.9 Å². The molecule has 0 aliphatic rings. The predicted octanol–water partition coefficient (Wildman–Crippen LogP) is 5.71. The highest BCUT2D eigenvalue weighted by atomic mass is 35.5.